The average Bonchev–Trinajstić information content (AvgIpc) is 2.97. The van der Waals surface area contributed by atoms with E-state index < -0.39 is 5.92 Å². The summed E-state index contributed by atoms with van der Waals surface area (Å²) in [4.78, 5) is 34.5. The molecule has 1 aliphatic rings. The molecule has 3 rings (SSSR count). The molecular formula is C17H18N4O3. The van der Waals surface area contributed by atoms with Gasteiger partial charge in [0.15, 0.2) is 0 Å². The second kappa shape index (κ2) is 7.08. The molecule has 0 unspecified atom stereocenters. The molecule has 2 aromatic heterocycles. The fourth-order valence-corrected chi connectivity index (χ4v) is 2.67. The summed E-state index contributed by atoms with van der Waals surface area (Å²) in [6, 6.07) is 8.99. The smallest absolute Gasteiger partial charge is 0.237 e. The van der Waals surface area contributed by atoms with E-state index in [1.165, 1.54) is 7.11 Å². The minimum absolute atomic E-state index is 0.0426. The third kappa shape index (κ3) is 3.51. The van der Waals surface area contributed by atoms with Crippen LogP contribution in [0.4, 0.5) is 5.69 Å². The summed E-state index contributed by atoms with van der Waals surface area (Å²) in [7, 11) is 1.49. The van der Waals surface area contributed by atoms with Gasteiger partial charge in [0.25, 0.3) is 0 Å². The molecule has 24 heavy (non-hydrogen) atoms. The highest BCUT2D eigenvalue weighted by Gasteiger charge is 2.34. The first-order valence-corrected chi connectivity index (χ1v) is 7.65. The van der Waals surface area contributed by atoms with Crippen molar-refractivity contribution >= 4 is 17.5 Å². The second-order valence-corrected chi connectivity index (χ2v) is 5.55. The van der Waals surface area contributed by atoms with Crippen LogP contribution >= 0.6 is 0 Å². The van der Waals surface area contributed by atoms with Gasteiger partial charge in [0.2, 0.25) is 17.7 Å². The third-order valence-electron chi connectivity index (χ3n) is 3.89. The fourth-order valence-electron chi connectivity index (χ4n) is 2.67. The van der Waals surface area contributed by atoms with Crippen molar-refractivity contribution in [1.82, 2.24) is 14.9 Å². The van der Waals surface area contributed by atoms with Crippen molar-refractivity contribution in [3.8, 4) is 5.88 Å². The Morgan fingerprint density at radius 2 is 2.12 bits per heavy atom. The zero-order valence-corrected chi connectivity index (χ0v) is 13.3. The maximum absolute atomic E-state index is 12.4. The summed E-state index contributed by atoms with van der Waals surface area (Å²) in [5.41, 5.74) is 1.31. The molecule has 1 fully saturated rings. The van der Waals surface area contributed by atoms with Crippen molar-refractivity contribution in [1.29, 1.82) is 0 Å². The number of amides is 2. The molecule has 0 bridgehead atoms. The Balaban J connectivity index is 1.63. The van der Waals surface area contributed by atoms with E-state index in [-0.39, 0.29) is 18.2 Å². The number of anilines is 1. The van der Waals surface area contributed by atoms with Gasteiger partial charge in [-0.1, -0.05) is 6.07 Å². The number of pyridine rings is 2. The van der Waals surface area contributed by atoms with E-state index in [2.05, 4.69) is 15.3 Å². The molecule has 1 atom stereocenters. The molecule has 2 amide bonds. The molecule has 7 nitrogen and oxygen atoms in total. The van der Waals surface area contributed by atoms with Crippen molar-refractivity contribution in [2.75, 3.05) is 19.0 Å². The molecule has 0 radical (unpaired) electrons. The van der Waals surface area contributed by atoms with Crippen molar-refractivity contribution in [2.24, 2.45) is 5.92 Å². The number of rotatable bonds is 5. The van der Waals surface area contributed by atoms with E-state index in [1.807, 2.05) is 18.2 Å². The molecule has 2 aromatic rings. The fraction of sp³-hybridized carbons (Fsp3) is 0.294. The Kier molecular flexibility index (Phi) is 4.69. The highest BCUT2D eigenvalue weighted by molar-refractivity contribution is 5.97. The van der Waals surface area contributed by atoms with Gasteiger partial charge in [-0.15, -0.1) is 0 Å². The van der Waals surface area contributed by atoms with Gasteiger partial charge in [0.05, 0.1) is 25.3 Å². The normalized spacial score (nSPS) is 17.0. The maximum atomic E-state index is 12.4. The number of hydrogen-bond donors (Lipinski definition) is 1. The van der Waals surface area contributed by atoms with Gasteiger partial charge in [-0.2, -0.15) is 0 Å². The van der Waals surface area contributed by atoms with Crippen LogP contribution in [-0.4, -0.2) is 40.3 Å². The molecule has 1 saturated heterocycles. The summed E-state index contributed by atoms with van der Waals surface area (Å²) < 4.78 is 5.12. The van der Waals surface area contributed by atoms with Gasteiger partial charge in [0, 0.05) is 25.4 Å². The lowest BCUT2D eigenvalue weighted by atomic mass is 10.1. The van der Waals surface area contributed by atoms with Crippen LogP contribution < -0.4 is 10.1 Å². The SMILES string of the molecule is COc1ncccc1NC(=O)[C@@H]1CC(=O)N(Cc2ccccn2)C1. The predicted molar refractivity (Wildman–Crippen MR) is 87.2 cm³/mol. The minimum atomic E-state index is -0.397. The first-order chi connectivity index (χ1) is 11.7. The number of likely N-dealkylation sites (tertiary alicyclic amines) is 1. The van der Waals surface area contributed by atoms with Crippen LogP contribution in [0, 0.1) is 5.92 Å². The Labute approximate surface area is 139 Å². The van der Waals surface area contributed by atoms with Gasteiger partial charge in [-0.25, -0.2) is 4.98 Å². The van der Waals surface area contributed by atoms with Crippen LogP contribution in [0.5, 0.6) is 5.88 Å². The van der Waals surface area contributed by atoms with Crippen LogP contribution in [0.3, 0.4) is 0 Å². The van der Waals surface area contributed by atoms with Crippen LogP contribution in [0.1, 0.15) is 12.1 Å². The molecule has 0 aromatic carbocycles. The van der Waals surface area contributed by atoms with E-state index in [4.69, 9.17) is 4.74 Å². The number of carbonyl (C=O) groups excluding carboxylic acids is 2. The molecule has 1 N–H and O–H groups in total. The zero-order chi connectivity index (χ0) is 16.9. The quantitative estimate of drug-likeness (QED) is 0.899. The van der Waals surface area contributed by atoms with Gasteiger partial charge >= 0.3 is 0 Å². The summed E-state index contributed by atoms with van der Waals surface area (Å²) in [6.07, 6.45) is 3.47. The van der Waals surface area contributed by atoms with E-state index in [9.17, 15) is 9.59 Å². The lowest BCUT2D eigenvalue weighted by Crippen LogP contribution is -2.28. The Hall–Kier alpha value is -2.96. The molecule has 1 aliphatic heterocycles. The molecular weight excluding hydrogens is 308 g/mol. The van der Waals surface area contributed by atoms with Crippen molar-refractivity contribution in [3.05, 3.63) is 48.4 Å². The molecule has 124 valence electrons. The Bertz CT molecular complexity index is 736. The van der Waals surface area contributed by atoms with E-state index in [1.54, 1.807) is 29.4 Å². The first-order valence-electron chi connectivity index (χ1n) is 7.65. The average molecular weight is 326 g/mol. The molecule has 0 spiro atoms. The number of carbonyl (C=O) groups is 2. The second-order valence-electron chi connectivity index (χ2n) is 5.55. The van der Waals surface area contributed by atoms with Crippen LogP contribution in [0.15, 0.2) is 42.7 Å². The number of hydrogen-bond acceptors (Lipinski definition) is 5. The molecule has 0 saturated carbocycles. The van der Waals surface area contributed by atoms with E-state index in [0.29, 0.717) is 24.7 Å². The highest BCUT2D eigenvalue weighted by Crippen LogP contribution is 2.24. The first kappa shape index (κ1) is 15.9. The Morgan fingerprint density at radius 1 is 1.29 bits per heavy atom. The van der Waals surface area contributed by atoms with E-state index >= 15 is 0 Å². The standard InChI is InChI=1S/C17H18N4O3/c1-24-17-14(6-4-8-19-17)20-16(23)12-9-15(22)21(10-12)11-13-5-2-3-7-18-13/h2-8,12H,9-11H2,1H3,(H,20,23)/t12-/m1/s1. The molecule has 7 heteroatoms. The lowest BCUT2D eigenvalue weighted by Gasteiger charge is -2.16. The molecule has 0 aliphatic carbocycles. The molecule has 3 heterocycles. The minimum Gasteiger partial charge on any atom is -0.480 e. The van der Waals surface area contributed by atoms with E-state index in [0.717, 1.165) is 5.69 Å². The van der Waals surface area contributed by atoms with Crippen LogP contribution in [0.2, 0.25) is 0 Å². The lowest BCUT2D eigenvalue weighted by molar-refractivity contribution is -0.128. The predicted octanol–water partition coefficient (Wildman–Crippen LogP) is 1.47. The zero-order valence-electron chi connectivity index (χ0n) is 13.3. The van der Waals surface area contributed by atoms with Gasteiger partial charge < -0.3 is 15.0 Å². The maximum Gasteiger partial charge on any atom is 0.237 e. The van der Waals surface area contributed by atoms with Crippen LogP contribution in [0.25, 0.3) is 0 Å². The number of nitrogens with zero attached hydrogens (tertiary/aromatic N) is 3. The summed E-state index contributed by atoms with van der Waals surface area (Å²) >= 11 is 0. The summed E-state index contributed by atoms with van der Waals surface area (Å²) in [5, 5.41) is 2.79. The number of aromatic nitrogens is 2. The topological polar surface area (TPSA) is 84.4 Å². The summed E-state index contributed by atoms with van der Waals surface area (Å²) in [6.45, 7) is 0.795. The summed E-state index contributed by atoms with van der Waals surface area (Å²) in [5.74, 6) is -0.302. The van der Waals surface area contributed by atoms with Crippen LogP contribution in [-0.2, 0) is 16.1 Å². The monoisotopic (exact) mass is 326 g/mol. The van der Waals surface area contributed by atoms with Crippen molar-refractivity contribution < 1.29 is 14.3 Å². The number of methoxy groups -OCH3 is 1. The van der Waals surface area contributed by atoms with Gasteiger partial charge in [-0.05, 0) is 24.3 Å². The third-order valence-corrected chi connectivity index (χ3v) is 3.89. The van der Waals surface area contributed by atoms with Gasteiger partial charge in [-0.3, -0.25) is 14.6 Å². The number of ether oxygens (including phenoxy) is 1. The largest absolute Gasteiger partial charge is 0.480 e. The van der Waals surface area contributed by atoms with Crippen molar-refractivity contribution in [2.45, 2.75) is 13.0 Å². The number of nitrogens with one attached hydrogen (secondary N) is 1. The Morgan fingerprint density at radius 3 is 2.88 bits per heavy atom. The van der Waals surface area contributed by atoms with Gasteiger partial charge in [0.1, 0.15) is 5.69 Å². The van der Waals surface area contributed by atoms with Crippen molar-refractivity contribution in [3.63, 3.8) is 0 Å². The highest BCUT2D eigenvalue weighted by atomic mass is 16.5.